The molecule has 0 fully saturated rings. The van der Waals surface area contributed by atoms with Crippen LogP contribution in [0, 0.1) is 6.92 Å². The SMILES string of the molecule is COc1ccc(CC(N)c2cnccc2C)cc1. The lowest BCUT2D eigenvalue weighted by atomic mass is 9.98. The Balaban J connectivity index is 2.11. The van der Waals surface area contributed by atoms with Crippen LogP contribution in [0.3, 0.4) is 0 Å². The topological polar surface area (TPSA) is 48.1 Å². The van der Waals surface area contributed by atoms with Gasteiger partial charge >= 0.3 is 0 Å². The second-order valence-electron chi connectivity index (χ2n) is 4.39. The minimum absolute atomic E-state index is 0.0212. The lowest BCUT2D eigenvalue weighted by molar-refractivity contribution is 0.414. The van der Waals surface area contributed by atoms with Crippen LogP contribution in [-0.4, -0.2) is 12.1 Å². The van der Waals surface area contributed by atoms with Crippen molar-refractivity contribution in [1.29, 1.82) is 0 Å². The Morgan fingerprint density at radius 2 is 1.94 bits per heavy atom. The third-order valence-electron chi connectivity index (χ3n) is 3.09. The summed E-state index contributed by atoms with van der Waals surface area (Å²) in [4.78, 5) is 4.14. The van der Waals surface area contributed by atoms with Crippen molar-refractivity contribution >= 4 is 0 Å². The molecule has 1 aromatic heterocycles. The average Bonchev–Trinajstić information content (AvgIpc) is 2.40. The third-order valence-corrected chi connectivity index (χ3v) is 3.09. The summed E-state index contributed by atoms with van der Waals surface area (Å²) in [7, 11) is 1.67. The van der Waals surface area contributed by atoms with Crippen LogP contribution in [0.25, 0.3) is 0 Å². The van der Waals surface area contributed by atoms with Gasteiger partial charge in [0.15, 0.2) is 0 Å². The molecule has 0 saturated heterocycles. The number of methoxy groups -OCH3 is 1. The number of aryl methyl sites for hydroxylation is 1. The molecule has 3 heteroatoms. The monoisotopic (exact) mass is 242 g/mol. The van der Waals surface area contributed by atoms with Gasteiger partial charge in [0.1, 0.15) is 5.75 Å². The van der Waals surface area contributed by atoms with E-state index in [-0.39, 0.29) is 6.04 Å². The smallest absolute Gasteiger partial charge is 0.118 e. The van der Waals surface area contributed by atoms with E-state index in [2.05, 4.69) is 11.9 Å². The zero-order valence-electron chi connectivity index (χ0n) is 10.8. The van der Waals surface area contributed by atoms with Gasteiger partial charge in [-0.3, -0.25) is 4.98 Å². The molecule has 0 amide bonds. The van der Waals surface area contributed by atoms with Crippen LogP contribution >= 0.6 is 0 Å². The highest BCUT2D eigenvalue weighted by Crippen LogP contribution is 2.20. The Labute approximate surface area is 108 Å². The maximum absolute atomic E-state index is 6.23. The summed E-state index contributed by atoms with van der Waals surface area (Å²) in [6, 6.07) is 9.97. The molecule has 0 aliphatic rings. The molecule has 2 aromatic rings. The third kappa shape index (κ3) is 2.87. The first-order valence-electron chi connectivity index (χ1n) is 5.99. The van der Waals surface area contributed by atoms with E-state index in [1.54, 1.807) is 13.3 Å². The van der Waals surface area contributed by atoms with Crippen LogP contribution in [0.4, 0.5) is 0 Å². The van der Waals surface area contributed by atoms with E-state index >= 15 is 0 Å². The van der Waals surface area contributed by atoms with Gasteiger partial charge in [0, 0.05) is 18.4 Å². The Bertz CT molecular complexity index is 508. The lowest BCUT2D eigenvalue weighted by Gasteiger charge is -2.14. The largest absolute Gasteiger partial charge is 0.497 e. The van der Waals surface area contributed by atoms with E-state index in [4.69, 9.17) is 10.5 Å². The molecule has 94 valence electrons. The summed E-state index contributed by atoms with van der Waals surface area (Å²) >= 11 is 0. The number of benzene rings is 1. The standard InChI is InChI=1S/C15H18N2O/c1-11-7-8-17-10-14(11)15(16)9-12-3-5-13(18-2)6-4-12/h3-8,10,15H,9,16H2,1-2H3. The normalized spacial score (nSPS) is 12.2. The quantitative estimate of drug-likeness (QED) is 0.896. The number of hydrogen-bond donors (Lipinski definition) is 1. The molecular weight excluding hydrogens is 224 g/mol. The second kappa shape index (κ2) is 5.65. The summed E-state index contributed by atoms with van der Waals surface area (Å²) in [6.07, 6.45) is 4.44. The molecule has 0 saturated carbocycles. The van der Waals surface area contributed by atoms with Crippen molar-refractivity contribution in [2.45, 2.75) is 19.4 Å². The number of aromatic nitrogens is 1. The van der Waals surface area contributed by atoms with Crippen LogP contribution < -0.4 is 10.5 Å². The van der Waals surface area contributed by atoms with Crippen LogP contribution in [0.5, 0.6) is 5.75 Å². The van der Waals surface area contributed by atoms with Gasteiger partial charge in [-0.1, -0.05) is 12.1 Å². The van der Waals surface area contributed by atoms with Crippen molar-refractivity contribution in [3.05, 3.63) is 59.4 Å². The Kier molecular flexibility index (Phi) is 3.95. The van der Waals surface area contributed by atoms with Crippen molar-refractivity contribution in [1.82, 2.24) is 4.98 Å². The maximum Gasteiger partial charge on any atom is 0.118 e. The van der Waals surface area contributed by atoms with Gasteiger partial charge in [0.05, 0.1) is 7.11 Å². The van der Waals surface area contributed by atoms with Gasteiger partial charge < -0.3 is 10.5 Å². The lowest BCUT2D eigenvalue weighted by Crippen LogP contribution is -2.14. The molecule has 0 bridgehead atoms. The van der Waals surface area contributed by atoms with Crippen LogP contribution in [0.2, 0.25) is 0 Å². The van der Waals surface area contributed by atoms with Crippen molar-refractivity contribution in [2.24, 2.45) is 5.73 Å². The van der Waals surface area contributed by atoms with E-state index < -0.39 is 0 Å². The zero-order chi connectivity index (χ0) is 13.0. The van der Waals surface area contributed by atoms with Crippen LogP contribution in [-0.2, 0) is 6.42 Å². The molecule has 1 aromatic carbocycles. The number of rotatable bonds is 4. The van der Waals surface area contributed by atoms with E-state index in [1.165, 1.54) is 11.1 Å². The first-order valence-corrected chi connectivity index (χ1v) is 5.99. The Hall–Kier alpha value is -1.87. The average molecular weight is 242 g/mol. The molecule has 1 atom stereocenters. The molecule has 18 heavy (non-hydrogen) atoms. The number of hydrogen-bond acceptors (Lipinski definition) is 3. The fourth-order valence-electron chi connectivity index (χ4n) is 1.99. The van der Waals surface area contributed by atoms with Gasteiger partial charge in [-0.05, 0) is 48.2 Å². The first kappa shape index (κ1) is 12.6. The predicted molar refractivity (Wildman–Crippen MR) is 72.6 cm³/mol. The predicted octanol–water partition coefficient (Wildman–Crippen LogP) is 2.64. The summed E-state index contributed by atoms with van der Waals surface area (Å²) in [5.74, 6) is 0.866. The van der Waals surface area contributed by atoms with Gasteiger partial charge in [-0.15, -0.1) is 0 Å². The molecule has 0 aliphatic heterocycles. The summed E-state index contributed by atoms with van der Waals surface area (Å²) in [5, 5.41) is 0. The molecule has 3 nitrogen and oxygen atoms in total. The Morgan fingerprint density at radius 3 is 2.56 bits per heavy atom. The second-order valence-corrected chi connectivity index (χ2v) is 4.39. The van der Waals surface area contributed by atoms with E-state index in [9.17, 15) is 0 Å². The zero-order valence-corrected chi connectivity index (χ0v) is 10.8. The molecule has 0 radical (unpaired) electrons. The summed E-state index contributed by atoms with van der Waals surface area (Å²) < 4.78 is 5.14. The fraction of sp³-hybridized carbons (Fsp3) is 0.267. The number of pyridine rings is 1. The highest BCUT2D eigenvalue weighted by molar-refractivity contribution is 5.30. The van der Waals surface area contributed by atoms with Gasteiger partial charge in [-0.2, -0.15) is 0 Å². The maximum atomic E-state index is 6.23. The summed E-state index contributed by atoms with van der Waals surface area (Å²) in [6.45, 7) is 2.06. The fourth-order valence-corrected chi connectivity index (χ4v) is 1.99. The van der Waals surface area contributed by atoms with Crippen LogP contribution in [0.1, 0.15) is 22.7 Å². The van der Waals surface area contributed by atoms with E-state index in [0.717, 1.165) is 17.7 Å². The Morgan fingerprint density at radius 1 is 1.22 bits per heavy atom. The number of ether oxygens (including phenoxy) is 1. The van der Waals surface area contributed by atoms with Crippen molar-refractivity contribution in [2.75, 3.05) is 7.11 Å². The number of nitrogens with zero attached hydrogens (tertiary/aromatic N) is 1. The van der Waals surface area contributed by atoms with Gasteiger partial charge in [0.2, 0.25) is 0 Å². The van der Waals surface area contributed by atoms with Crippen molar-refractivity contribution in [3.63, 3.8) is 0 Å². The highest BCUT2D eigenvalue weighted by atomic mass is 16.5. The van der Waals surface area contributed by atoms with E-state index in [1.807, 2.05) is 36.5 Å². The highest BCUT2D eigenvalue weighted by Gasteiger charge is 2.09. The minimum atomic E-state index is -0.0212. The minimum Gasteiger partial charge on any atom is -0.497 e. The van der Waals surface area contributed by atoms with Crippen LogP contribution in [0.15, 0.2) is 42.7 Å². The van der Waals surface area contributed by atoms with Gasteiger partial charge in [-0.25, -0.2) is 0 Å². The molecule has 2 N–H and O–H groups in total. The van der Waals surface area contributed by atoms with Gasteiger partial charge in [0.25, 0.3) is 0 Å². The molecule has 1 unspecified atom stereocenters. The molecule has 1 heterocycles. The van der Waals surface area contributed by atoms with Crippen molar-refractivity contribution in [3.8, 4) is 5.75 Å². The number of nitrogens with two attached hydrogens (primary N) is 1. The van der Waals surface area contributed by atoms with Crippen molar-refractivity contribution < 1.29 is 4.74 Å². The van der Waals surface area contributed by atoms with E-state index in [0.29, 0.717) is 0 Å². The molecule has 0 aliphatic carbocycles. The molecule has 2 rings (SSSR count). The first-order chi connectivity index (χ1) is 8.70. The summed E-state index contributed by atoms with van der Waals surface area (Å²) in [5.41, 5.74) is 9.72. The molecule has 0 spiro atoms. The molecular formula is C15H18N2O.